The van der Waals surface area contributed by atoms with Crippen LogP contribution in [0.25, 0.3) is 0 Å². The second-order valence-corrected chi connectivity index (χ2v) is 2.96. The molecule has 0 aliphatic rings. The summed E-state index contributed by atoms with van der Waals surface area (Å²) >= 11 is 0. The average Bonchev–Trinajstić information content (AvgIpc) is 2.00. The molecule has 1 N–H and O–H groups in total. The average molecular weight is 172 g/mol. The van der Waals surface area contributed by atoms with Crippen molar-refractivity contribution in [1.82, 2.24) is 0 Å². The van der Waals surface area contributed by atoms with Gasteiger partial charge in [0, 0.05) is 7.11 Å². The predicted octanol–water partition coefficient (Wildman–Crippen LogP) is 1.69. The zero-order valence-electron chi connectivity index (χ0n) is 7.83. The van der Waals surface area contributed by atoms with E-state index in [4.69, 9.17) is 9.84 Å². The SMILES string of the molecule is COC/C(C)=C/CC(C)C(=O)O. The van der Waals surface area contributed by atoms with Crippen molar-refractivity contribution in [3.05, 3.63) is 11.6 Å². The minimum atomic E-state index is -0.753. The van der Waals surface area contributed by atoms with E-state index in [1.54, 1.807) is 14.0 Å². The van der Waals surface area contributed by atoms with Gasteiger partial charge in [0.25, 0.3) is 0 Å². The molecule has 3 nitrogen and oxygen atoms in total. The molecule has 0 aromatic heterocycles. The van der Waals surface area contributed by atoms with E-state index >= 15 is 0 Å². The van der Waals surface area contributed by atoms with Crippen LogP contribution in [0.1, 0.15) is 20.3 Å². The van der Waals surface area contributed by atoms with Gasteiger partial charge in [-0.05, 0) is 13.3 Å². The van der Waals surface area contributed by atoms with Crippen molar-refractivity contribution < 1.29 is 14.6 Å². The second-order valence-electron chi connectivity index (χ2n) is 2.96. The van der Waals surface area contributed by atoms with Crippen LogP contribution in [0.5, 0.6) is 0 Å². The molecular weight excluding hydrogens is 156 g/mol. The molecule has 1 unspecified atom stereocenters. The van der Waals surface area contributed by atoms with Gasteiger partial charge in [0.2, 0.25) is 0 Å². The van der Waals surface area contributed by atoms with Crippen molar-refractivity contribution in [2.24, 2.45) is 5.92 Å². The first-order valence-corrected chi connectivity index (χ1v) is 3.95. The fourth-order valence-corrected chi connectivity index (χ4v) is 0.765. The zero-order valence-corrected chi connectivity index (χ0v) is 7.83. The van der Waals surface area contributed by atoms with Crippen molar-refractivity contribution in [3.63, 3.8) is 0 Å². The molecule has 0 spiro atoms. The summed E-state index contributed by atoms with van der Waals surface area (Å²) in [6.45, 7) is 4.20. The highest BCUT2D eigenvalue weighted by molar-refractivity contribution is 5.69. The summed E-state index contributed by atoms with van der Waals surface area (Å²) in [7, 11) is 1.62. The van der Waals surface area contributed by atoms with Gasteiger partial charge in [0.1, 0.15) is 0 Å². The molecule has 0 aromatic carbocycles. The number of carbonyl (C=O) groups is 1. The van der Waals surface area contributed by atoms with E-state index in [1.807, 2.05) is 13.0 Å². The molecular formula is C9H16O3. The van der Waals surface area contributed by atoms with Gasteiger partial charge in [0.05, 0.1) is 12.5 Å². The molecule has 0 aliphatic carbocycles. The highest BCUT2D eigenvalue weighted by Gasteiger charge is 2.07. The van der Waals surface area contributed by atoms with Gasteiger partial charge in [-0.25, -0.2) is 0 Å². The second kappa shape index (κ2) is 5.77. The first-order valence-electron chi connectivity index (χ1n) is 3.95. The molecule has 0 saturated carbocycles. The normalized spacial score (nSPS) is 14.4. The molecule has 0 amide bonds. The fourth-order valence-electron chi connectivity index (χ4n) is 0.765. The summed E-state index contributed by atoms with van der Waals surface area (Å²) in [6, 6.07) is 0. The lowest BCUT2D eigenvalue weighted by Gasteiger charge is -2.02. The molecule has 0 saturated heterocycles. The number of ether oxygens (including phenoxy) is 1. The number of aliphatic carboxylic acids is 1. The predicted molar refractivity (Wildman–Crippen MR) is 47.0 cm³/mol. The highest BCUT2D eigenvalue weighted by atomic mass is 16.5. The Morgan fingerprint density at radius 3 is 2.67 bits per heavy atom. The third kappa shape index (κ3) is 4.91. The Labute approximate surface area is 73.0 Å². The monoisotopic (exact) mass is 172 g/mol. The Morgan fingerprint density at radius 1 is 1.67 bits per heavy atom. The van der Waals surface area contributed by atoms with Gasteiger partial charge >= 0.3 is 5.97 Å². The smallest absolute Gasteiger partial charge is 0.306 e. The largest absolute Gasteiger partial charge is 0.481 e. The van der Waals surface area contributed by atoms with Crippen LogP contribution in [0, 0.1) is 5.92 Å². The molecule has 3 heteroatoms. The molecule has 0 heterocycles. The van der Waals surface area contributed by atoms with Crippen molar-refractivity contribution in [3.8, 4) is 0 Å². The van der Waals surface area contributed by atoms with Gasteiger partial charge in [-0.3, -0.25) is 4.79 Å². The van der Waals surface area contributed by atoms with E-state index in [0.717, 1.165) is 5.57 Å². The highest BCUT2D eigenvalue weighted by Crippen LogP contribution is 2.05. The number of allylic oxidation sites excluding steroid dienone is 1. The van der Waals surface area contributed by atoms with Crippen LogP contribution in [-0.2, 0) is 9.53 Å². The van der Waals surface area contributed by atoms with Gasteiger partial charge in [-0.15, -0.1) is 0 Å². The molecule has 70 valence electrons. The molecule has 1 atom stereocenters. The summed E-state index contributed by atoms with van der Waals surface area (Å²) in [6.07, 6.45) is 2.48. The number of carboxylic acids is 1. The van der Waals surface area contributed by atoms with Gasteiger partial charge in [-0.2, -0.15) is 0 Å². The van der Waals surface area contributed by atoms with Crippen LogP contribution in [0.2, 0.25) is 0 Å². The van der Waals surface area contributed by atoms with E-state index in [-0.39, 0.29) is 5.92 Å². The van der Waals surface area contributed by atoms with E-state index in [9.17, 15) is 4.79 Å². The Morgan fingerprint density at radius 2 is 2.25 bits per heavy atom. The summed E-state index contributed by atoms with van der Waals surface area (Å²) in [4.78, 5) is 10.4. The third-order valence-corrected chi connectivity index (χ3v) is 1.61. The van der Waals surface area contributed by atoms with Gasteiger partial charge in [0.15, 0.2) is 0 Å². The lowest BCUT2D eigenvalue weighted by Crippen LogP contribution is -2.08. The van der Waals surface area contributed by atoms with Crippen LogP contribution in [0.15, 0.2) is 11.6 Å². The van der Waals surface area contributed by atoms with Crippen molar-refractivity contribution in [2.45, 2.75) is 20.3 Å². The first kappa shape index (κ1) is 11.2. The standard InChI is InChI=1S/C9H16O3/c1-7(6-12-3)4-5-8(2)9(10)11/h4,8H,5-6H2,1-3H3,(H,10,11)/b7-4+. The van der Waals surface area contributed by atoms with Gasteiger partial charge < -0.3 is 9.84 Å². The molecule has 0 bridgehead atoms. The van der Waals surface area contributed by atoms with E-state index < -0.39 is 5.97 Å². The van der Waals surface area contributed by atoms with Crippen LogP contribution in [0.4, 0.5) is 0 Å². The van der Waals surface area contributed by atoms with Crippen molar-refractivity contribution >= 4 is 5.97 Å². The Kier molecular flexibility index (Phi) is 5.37. The summed E-state index contributed by atoms with van der Waals surface area (Å²) < 4.78 is 4.88. The maximum absolute atomic E-state index is 10.4. The maximum atomic E-state index is 10.4. The summed E-state index contributed by atoms with van der Waals surface area (Å²) in [5.74, 6) is -1.06. The van der Waals surface area contributed by atoms with Crippen LogP contribution in [0.3, 0.4) is 0 Å². The fraction of sp³-hybridized carbons (Fsp3) is 0.667. The minimum Gasteiger partial charge on any atom is -0.481 e. The molecule has 0 fully saturated rings. The van der Waals surface area contributed by atoms with E-state index in [1.165, 1.54) is 0 Å². The lowest BCUT2D eigenvalue weighted by molar-refractivity contribution is -0.140. The Bertz CT molecular complexity index is 173. The Balaban J connectivity index is 3.78. The minimum absolute atomic E-state index is 0.309. The van der Waals surface area contributed by atoms with Crippen molar-refractivity contribution in [1.29, 1.82) is 0 Å². The van der Waals surface area contributed by atoms with E-state index in [2.05, 4.69) is 0 Å². The Hall–Kier alpha value is -0.830. The maximum Gasteiger partial charge on any atom is 0.306 e. The lowest BCUT2D eigenvalue weighted by atomic mass is 10.1. The molecule has 0 rings (SSSR count). The van der Waals surface area contributed by atoms with Crippen LogP contribution >= 0.6 is 0 Å². The van der Waals surface area contributed by atoms with Crippen molar-refractivity contribution in [2.75, 3.05) is 13.7 Å². The molecule has 0 radical (unpaired) electrons. The van der Waals surface area contributed by atoms with Crippen LogP contribution < -0.4 is 0 Å². The summed E-state index contributed by atoms with van der Waals surface area (Å²) in [5, 5.41) is 8.56. The van der Waals surface area contributed by atoms with Gasteiger partial charge in [-0.1, -0.05) is 18.6 Å². The van der Waals surface area contributed by atoms with E-state index in [0.29, 0.717) is 13.0 Å². The zero-order chi connectivity index (χ0) is 9.56. The molecule has 12 heavy (non-hydrogen) atoms. The number of rotatable bonds is 5. The molecule has 0 aliphatic heterocycles. The number of hydrogen-bond donors (Lipinski definition) is 1. The number of methoxy groups -OCH3 is 1. The quantitative estimate of drug-likeness (QED) is 0.642. The van der Waals surface area contributed by atoms with Crippen LogP contribution in [-0.4, -0.2) is 24.8 Å². The topological polar surface area (TPSA) is 46.5 Å². The molecule has 0 aromatic rings. The summed E-state index contributed by atoms with van der Waals surface area (Å²) in [5.41, 5.74) is 1.07. The number of carboxylic acid groups (broad SMARTS) is 1. The first-order chi connectivity index (χ1) is 5.57. The third-order valence-electron chi connectivity index (χ3n) is 1.61. The number of hydrogen-bond acceptors (Lipinski definition) is 2.